The van der Waals surface area contributed by atoms with Crippen molar-refractivity contribution in [1.82, 2.24) is 10.1 Å². The number of hydrogen-bond acceptors (Lipinski definition) is 6. The molecule has 0 saturated carbocycles. The molecule has 3 rings (SSSR count). The smallest absolute Gasteiger partial charge is 0.227 e. The molecule has 0 N–H and O–H groups in total. The number of anilines is 1. The van der Waals surface area contributed by atoms with E-state index in [-0.39, 0.29) is 36.0 Å². The quantitative estimate of drug-likeness (QED) is 0.572. The zero-order chi connectivity index (χ0) is 21.0. The molecule has 9 heteroatoms. The standard InChI is InChI=1S/C20H19ClFN3O4/c1-25(15-10-13(21)16(27-2)11-17(15)28-3)19(26)9-8-18-23-20(24-29-18)12-6-4-5-7-14(12)22/h4-7,10-11H,8-9H2,1-3H3. The van der Waals surface area contributed by atoms with Gasteiger partial charge in [0.15, 0.2) is 0 Å². The number of nitrogens with zero attached hydrogens (tertiary/aromatic N) is 3. The lowest BCUT2D eigenvalue weighted by atomic mass is 10.2. The summed E-state index contributed by atoms with van der Waals surface area (Å²) in [7, 11) is 4.60. The number of amides is 1. The summed E-state index contributed by atoms with van der Waals surface area (Å²) in [6.07, 6.45) is 0.305. The van der Waals surface area contributed by atoms with Gasteiger partial charge in [-0.15, -0.1) is 0 Å². The minimum absolute atomic E-state index is 0.0994. The molecule has 0 fully saturated rings. The fourth-order valence-corrected chi connectivity index (χ4v) is 2.97. The van der Waals surface area contributed by atoms with Gasteiger partial charge in [-0.3, -0.25) is 4.79 Å². The van der Waals surface area contributed by atoms with Gasteiger partial charge < -0.3 is 18.9 Å². The van der Waals surface area contributed by atoms with Gasteiger partial charge in [-0.05, 0) is 18.2 Å². The second-order valence-corrected chi connectivity index (χ2v) is 6.51. The first-order chi connectivity index (χ1) is 13.9. The molecule has 0 aliphatic rings. The number of aryl methyl sites for hydroxylation is 1. The van der Waals surface area contributed by atoms with Crippen molar-refractivity contribution in [2.24, 2.45) is 0 Å². The molecule has 3 aromatic rings. The molecule has 29 heavy (non-hydrogen) atoms. The van der Waals surface area contributed by atoms with Crippen LogP contribution in [0.5, 0.6) is 11.5 Å². The molecular formula is C20H19ClFN3O4. The van der Waals surface area contributed by atoms with E-state index in [4.69, 9.17) is 25.6 Å². The van der Waals surface area contributed by atoms with Crippen molar-refractivity contribution in [3.05, 3.63) is 53.1 Å². The summed E-state index contributed by atoms with van der Waals surface area (Å²) in [5, 5.41) is 4.14. The predicted molar refractivity (Wildman–Crippen MR) is 106 cm³/mol. The summed E-state index contributed by atoms with van der Waals surface area (Å²) in [6.45, 7) is 0. The Balaban J connectivity index is 1.70. The Morgan fingerprint density at radius 1 is 1.21 bits per heavy atom. The molecule has 0 saturated heterocycles. The molecular weight excluding hydrogens is 401 g/mol. The van der Waals surface area contributed by atoms with E-state index < -0.39 is 5.82 Å². The number of carbonyl (C=O) groups is 1. The summed E-state index contributed by atoms with van der Waals surface area (Å²) in [6, 6.07) is 9.34. The van der Waals surface area contributed by atoms with Gasteiger partial charge in [-0.1, -0.05) is 28.9 Å². The zero-order valence-corrected chi connectivity index (χ0v) is 16.9. The van der Waals surface area contributed by atoms with Crippen molar-refractivity contribution in [2.75, 3.05) is 26.2 Å². The largest absolute Gasteiger partial charge is 0.495 e. The minimum atomic E-state index is -0.445. The third-order valence-corrected chi connectivity index (χ3v) is 4.62. The van der Waals surface area contributed by atoms with Crippen molar-refractivity contribution >= 4 is 23.2 Å². The Morgan fingerprint density at radius 3 is 2.62 bits per heavy atom. The van der Waals surface area contributed by atoms with E-state index in [2.05, 4.69) is 10.1 Å². The molecule has 0 unspecified atom stereocenters. The van der Waals surface area contributed by atoms with Crippen LogP contribution in [0.2, 0.25) is 5.02 Å². The average molecular weight is 420 g/mol. The summed E-state index contributed by atoms with van der Waals surface area (Å²) < 4.78 is 29.5. The van der Waals surface area contributed by atoms with Crippen LogP contribution >= 0.6 is 11.6 Å². The monoisotopic (exact) mass is 419 g/mol. The number of methoxy groups -OCH3 is 2. The lowest BCUT2D eigenvalue weighted by molar-refractivity contribution is -0.118. The first kappa shape index (κ1) is 20.6. The van der Waals surface area contributed by atoms with Crippen molar-refractivity contribution in [2.45, 2.75) is 12.8 Å². The minimum Gasteiger partial charge on any atom is -0.495 e. The maximum absolute atomic E-state index is 13.8. The van der Waals surface area contributed by atoms with Crippen LogP contribution in [0.4, 0.5) is 10.1 Å². The highest BCUT2D eigenvalue weighted by Crippen LogP contribution is 2.37. The second kappa shape index (κ2) is 8.91. The van der Waals surface area contributed by atoms with Crippen LogP contribution in [0.3, 0.4) is 0 Å². The molecule has 1 aromatic heterocycles. The van der Waals surface area contributed by atoms with Crippen molar-refractivity contribution < 1.29 is 23.2 Å². The van der Waals surface area contributed by atoms with E-state index in [1.165, 1.54) is 25.2 Å². The predicted octanol–water partition coefficient (Wildman–Crippen LogP) is 4.14. The topological polar surface area (TPSA) is 77.7 Å². The van der Waals surface area contributed by atoms with Crippen LogP contribution in [0.25, 0.3) is 11.4 Å². The number of rotatable bonds is 7. The van der Waals surface area contributed by atoms with E-state index in [1.54, 1.807) is 37.4 Å². The Morgan fingerprint density at radius 2 is 1.93 bits per heavy atom. The van der Waals surface area contributed by atoms with Gasteiger partial charge in [-0.2, -0.15) is 4.98 Å². The third kappa shape index (κ3) is 4.48. The van der Waals surface area contributed by atoms with E-state index >= 15 is 0 Å². The van der Waals surface area contributed by atoms with Gasteiger partial charge in [0.1, 0.15) is 17.3 Å². The van der Waals surface area contributed by atoms with Crippen LogP contribution in [0, 0.1) is 5.82 Å². The van der Waals surface area contributed by atoms with Gasteiger partial charge in [0.2, 0.25) is 17.6 Å². The fourth-order valence-electron chi connectivity index (χ4n) is 2.73. The number of halogens is 2. The van der Waals surface area contributed by atoms with Crippen LogP contribution in [0.15, 0.2) is 40.9 Å². The maximum atomic E-state index is 13.8. The SMILES string of the molecule is COc1cc(OC)c(N(C)C(=O)CCc2nc(-c3ccccc3F)no2)cc1Cl. The number of benzene rings is 2. The summed E-state index contributed by atoms with van der Waals surface area (Å²) in [5.74, 6) is 0.614. The lowest BCUT2D eigenvalue weighted by Crippen LogP contribution is -2.27. The van der Waals surface area contributed by atoms with Crippen LogP contribution in [-0.2, 0) is 11.2 Å². The normalized spacial score (nSPS) is 10.7. The molecule has 0 spiro atoms. The Kier molecular flexibility index (Phi) is 6.33. The average Bonchev–Trinajstić information content (AvgIpc) is 3.20. The first-order valence-electron chi connectivity index (χ1n) is 8.70. The van der Waals surface area contributed by atoms with E-state index in [0.29, 0.717) is 22.2 Å². The molecule has 7 nitrogen and oxygen atoms in total. The van der Waals surface area contributed by atoms with Gasteiger partial charge in [0.25, 0.3) is 0 Å². The highest BCUT2D eigenvalue weighted by Gasteiger charge is 2.20. The second-order valence-electron chi connectivity index (χ2n) is 6.10. The summed E-state index contributed by atoms with van der Waals surface area (Å²) >= 11 is 6.17. The van der Waals surface area contributed by atoms with Gasteiger partial charge in [0.05, 0.1) is 30.5 Å². The summed E-state index contributed by atoms with van der Waals surface area (Å²) in [5.41, 5.74) is 0.740. The molecule has 0 bridgehead atoms. The number of aromatic nitrogens is 2. The highest BCUT2D eigenvalue weighted by atomic mass is 35.5. The molecule has 152 valence electrons. The Labute approximate surface area is 172 Å². The third-order valence-electron chi connectivity index (χ3n) is 4.32. The molecule has 1 amide bonds. The number of hydrogen-bond donors (Lipinski definition) is 0. The molecule has 0 radical (unpaired) electrons. The van der Waals surface area contributed by atoms with Crippen molar-refractivity contribution in [3.63, 3.8) is 0 Å². The molecule has 1 heterocycles. The number of carbonyl (C=O) groups excluding carboxylic acids is 1. The molecule has 0 atom stereocenters. The number of ether oxygens (including phenoxy) is 2. The fraction of sp³-hybridized carbons (Fsp3) is 0.250. The highest BCUT2D eigenvalue weighted by molar-refractivity contribution is 6.32. The molecule has 0 aliphatic carbocycles. The zero-order valence-electron chi connectivity index (χ0n) is 16.1. The van der Waals surface area contributed by atoms with Crippen molar-refractivity contribution in [3.8, 4) is 22.9 Å². The van der Waals surface area contributed by atoms with Crippen molar-refractivity contribution in [1.29, 1.82) is 0 Å². The van der Waals surface area contributed by atoms with E-state index in [9.17, 15) is 9.18 Å². The maximum Gasteiger partial charge on any atom is 0.227 e. The molecule has 2 aromatic carbocycles. The van der Waals surface area contributed by atoms with Gasteiger partial charge in [0, 0.05) is 26.0 Å². The van der Waals surface area contributed by atoms with E-state index in [0.717, 1.165) is 0 Å². The van der Waals surface area contributed by atoms with Crippen LogP contribution in [0.1, 0.15) is 12.3 Å². The van der Waals surface area contributed by atoms with Gasteiger partial charge >= 0.3 is 0 Å². The Hall–Kier alpha value is -3.13. The summed E-state index contributed by atoms with van der Waals surface area (Å²) in [4.78, 5) is 18.2. The van der Waals surface area contributed by atoms with Gasteiger partial charge in [-0.25, -0.2) is 4.39 Å². The molecule has 0 aliphatic heterocycles. The van der Waals surface area contributed by atoms with E-state index in [1.807, 2.05) is 0 Å². The first-order valence-corrected chi connectivity index (χ1v) is 9.08. The van der Waals surface area contributed by atoms with Crippen LogP contribution in [-0.4, -0.2) is 37.3 Å². The lowest BCUT2D eigenvalue weighted by Gasteiger charge is -2.21. The Bertz CT molecular complexity index is 1020. The van der Waals surface area contributed by atoms with Crippen LogP contribution < -0.4 is 14.4 Å².